The SMILES string of the molecule is CNc1ccc(SN2CCN(c3nc(C)cc(C#N)n3)CC2)cc1.CO.O=CC1C=CN(CC(=O)O)N1. The fourth-order valence-electron chi connectivity index (χ4n) is 3.36. The predicted molar refractivity (Wildman–Crippen MR) is 142 cm³/mol. The van der Waals surface area contributed by atoms with E-state index in [0.29, 0.717) is 17.9 Å². The van der Waals surface area contributed by atoms with E-state index in [9.17, 15) is 9.59 Å². The Kier molecular flexibility index (Phi) is 12.3. The lowest BCUT2D eigenvalue weighted by Crippen LogP contribution is -2.44. The first-order chi connectivity index (χ1) is 17.9. The van der Waals surface area contributed by atoms with Crippen molar-refractivity contribution in [2.45, 2.75) is 17.9 Å². The van der Waals surface area contributed by atoms with E-state index >= 15 is 0 Å². The van der Waals surface area contributed by atoms with E-state index in [-0.39, 0.29) is 12.6 Å². The third kappa shape index (κ3) is 9.70. The Morgan fingerprint density at radius 1 is 1.24 bits per heavy atom. The third-order valence-corrected chi connectivity index (χ3v) is 6.20. The Morgan fingerprint density at radius 2 is 1.92 bits per heavy atom. The number of hydrazine groups is 1. The maximum absolute atomic E-state index is 10.2. The highest BCUT2D eigenvalue weighted by atomic mass is 32.2. The number of carboxylic acid groups (broad SMARTS) is 1. The number of aliphatic hydroxyl groups is 1. The van der Waals surface area contributed by atoms with Crippen molar-refractivity contribution in [1.29, 1.82) is 5.26 Å². The van der Waals surface area contributed by atoms with Gasteiger partial charge in [-0.2, -0.15) is 5.26 Å². The number of carbonyl (C=O) groups excluding carboxylic acids is 1. The van der Waals surface area contributed by atoms with Crippen molar-refractivity contribution in [3.05, 3.63) is 54.0 Å². The number of hydrogen-bond acceptors (Lipinski definition) is 12. The number of nitrogens with zero attached hydrogens (tertiary/aromatic N) is 6. The van der Waals surface area contributed by atoms with Gasteiger partial charge in [0.1, 0.15) is 30.6 Å². The number of aliphatic hydroxyl groups excluding tert-OH is 1. The molecule has 0 spiro atoms. The van der Waals surface area contributed by atoms with Crippen LogP contribution in [0.15, 0.2) is 47.5 Å². The molecule has 37 heavy (non-hydrogen) atoms. The number of carbonyl (C=O) groups is 2. The summed E-state index contributed by atoms with van der Waals surface area (Å²) in [7, 11) is 2.92. The molecule has 0 amide bonds. The first-order valence-electron chi connectivity index (χ1n) is 11.4. The standard InChI is InChI=1S/C17H20N6S.C6H8N2O3.CH4O/c1-13-11-15(12-18)21-17(20-13)22-7-9-23(10-8-22)24-16-5-3-14(19-2)4-6-16;9-4-5-1-2-8(7-5)3-6(10)11;1-2/h3-6,11,19H,7-10H2,1-2H3;1-2,4-5,7H,3H2,(H,10,11);2H,1H3. The summed E-state index contributed by atoms with van der Waals surface area (Å²) >= 11 is 1.78. The van der Waals surface area contributed by atoms with Crippen LogP contribution in [0.5, 0.6) is 0 Å². The average molecular weight is 529 g/mol. The van der Waals surface area contributed by atoms with Crippen molar-refractivity contribution < 1.29 is 19.8 Å². The maximum Gasteiger partial charge on any atom is 0.324 e. The molecule has 4 N–H and O–H groups in total. The molecule has 13 heteroatoms. The van der Waals surface area contributed by atoms with Crippen LogP contribution in [0.25, 0.3) is 0 Å². The normalized spacial score (nSPS) is 16.6. The van der Waals surface area contributed by atoms with Crippen LogP contribution in [0.2, 0.25) is 0 Å². The highest BCUT2D eigenvalue weighted by molar-refractivity contribution is 7.97. The summed E-state index contributed by atoms with van der Waals surface area (Å²) in [6.45, 7) is 5.33. The molecule has 1 unspecified atom stereocenters. The van der Waals surface area contributed by atoms with E-state index in [1.54, 1.807) is 24.1 Å². The molecule has 0 saturated carbocycles. The van der Waals surface area contributed by atoms with Gasteiger partial charge in [-0.3, -0.25) is 4.79 Å². The molecule has 12 nitrogen and oxygen atoms in total. The fraction of sp³-hybridized carbons (Fsp3) is 0.375. The van der Waals surface area contributed by atoms with E-state index in [1.165, 1.54) is 16.1 Å². The van der Waals surface area contributed by atoms with Gasteiger partial charge >= 0.3 is 5.97 Å². The molecule has 1 saturated heterocycles. The lowest BCUT2D eigenvalue weighted by Gasteiger charge is -2.33. The minimum atomic E-state index is -0.936. The van der Waals surface area contributed by atoms with E-state index in [0.717, 1.165) is 44.7 Å². The van der Waals surface area contributed by atoms with E-state index in [2.05, 4.69) is 60.3 Å². The second kappa shape index (κ2) is 15.4. The van der Waals surface area contributed by atoms with Gasteiger partial charge < -0.3 is 30.2 Å². The number of rotatable bonds is 7. The van der Waals surface area contributed by atoms with Gasteiger partial charge in [-0.05, 0) is 55.3 Å². The third-order valence-electron chi connectivity index (χ3n) is 5.10. The molecule has 1 atom stereocenters. The summed E-state index contributed by atoms with van der Waals surface area (Å²) in [6.07, 6.45) is 3.83. The van der Waals surface area contributed by atoms with Crippen molar-refractivity contribution in [3.8, 4) is 6.07 Å². The molecular weight excluding hydrogens is 496 g/mol. The van der Waals surface area contributed by atoms with Gasteiger partial charge in [-0.15, -0.1) is 0 Å². The second-order valence-electron chi connectivity index (χ2n) is 7.74. The number of nitriles is 1. The molecular formula is C24H32N8O4S. The van der Waals surface area contributed by atoms with E-state index in [4.69, 9.17) is 15.5 Å². The number of nitrogens with one attached hydrogen (secondary N) is 2. The number of benzene rings is 1. The zero-order valence-electron chi connectivity index (χ0n) is 21.0. The zero-order valence-corrected chi connectivity index (χ0v) is 21.9. The van der Waals surface area contributed by atoms with Crippen LogP contribution in [0, 0.1) is 18.3 Å². The van der Waals surface area contributed by atoms with Crippen LogP contribution in [0.3, 0.4) is 0 Å². The first kappa shape index (κ1) is 29.5. The summed E-state index contributed by atoms with van der Waals surface area (Å²) in [4.78, 5) is 32.5. The predicted octanol–water partition coefficient (Wildman–Crippen LogP) is 1.11. The quantitative estimate of drug-likeness (QED) is 0.299. The minimum Gasteiger partial charge on any atom is -0.480 e. The Morgan fingerprint density at radius 3 is 2.46 bits per heavy atom. The van der Waals surface area contributed by atoms with Gasteiger partial charge in [-0.1, -0.05) is 0 Å². The smallest absolute Gasteiger partial charge is 0.324 e. The molecule has 2 aliphatic rings. The van der Waals surface area contributed by atoms with Crippen LogP contribution in [0.1, 0.15) is 11.4 Å². The van der Waals surface area contributed by atoms with E-state index in [1.807, 2.05) is 14.0 Å². The topological polar surface area (TPSA) is 158 Å². The van der Waals surface area contributed by atoms with Crippen LogP contribution >= 0.6 is 11.9 Å². The Hall–Kier alpha value is -3.70. The molecule has 0 radical (unpaired) electrons. The molecule has 2 aromatic rings. The minimum absolute atomic E-state index is 0.138. The highest BCUT2D eigenvalue weighted by Crippen LogP contribution is 2.26. The summed E-state index contributed by atoms with van der Waals surface area (Å²) in [5, 5.41) is 28.9. The molecule has 2 aliphatic heterocycles. The van der Waals surface area contributed by atoms with Crippen molar-refractivity contribution in [2.75, 3.05) is 57.1 Å². The number of aliphatic carboxylic acids is 1. The van der Waals surface area contributed by atoms with Crippen molar-refractivity contribution in [3.63, 3.8) is 0 Å². The van der Waals surface area contributed by atoms with Gasteiger partial charge in [0.2, 0.25) is 5.95 Å². The number of carboxylic acids is 1. The van der Waals surface area contributed by atoms with Gasteiger partial charge in [0.05, 0.1) is 0 Å². The number of hydrogen-bond donors (Lipinski definition) is 4. The summed E-state index contributed by atoms with van der Waals surface area (Å²) in [5.41, 5.74) is 5.03. The largest absolute Gasteiger partial charge is 0.480 e. The number of aryl methyl sites for hydroxylation is 1. The summed E-state index contributed by atoms with van der Waals surface area (Å²) in [5.74, 6) is -0.275. The summed E-state index contributed by atoms with van der Waals surface area (Å²) in [6, 6.07) is 11.9. The lowest BCUT2D eigenvalue weighted by atomic mass is 10.3. The molecule has 4 rings (SSSR count). The summed E-state index contributed by atoms with van der Waals surface area (Å²) < 4.78 is 2.35. The van der Waals surface area contributed by atoms with Gasteiger partial charge in [-0.25, -0.2) is 19.7 Å². The molecule has 1 aromatic heterocycles. The number of piperazine rings is 1. The van der Waals surface area contributed by atoms with E-state index < -0.39 is 5.97 Å². The van der Waals surface area contributed by atoms with Gasteiger partial charge in [0.25, 0.3) is 0 Å². The van der Waals surface area contributed by atoms with Gasteiger partial charge in [0, 0.05) is 62.8 Å². The monoisotopic (exact) mass is 528 g/mol. The first-order valence-corrected chi connectivity index (χ1v) is 12.2. The zero-order chi connectivity index (χ0) is 27.2. The van der Waals surface area contributed by atoms with Crippen LogP contribution < -0.4 is 15.6 Å². The molecule has 1 aromatic carbocycles. The fourth-order valence-corrected chi connectivity index (χ4v) is 4.26. The highest BCUT2D eigenvalue weighted by Gasteiger charge is 2.20. The van der Waals surface area contributed by atoms with Crippen molar-refractivity contribution in [2.24, 2.45) is 0 Å². The molecule has 3 heterocycles. The van der Waals surface area contributed by atoms with Crippen LogP contribution in [-0.2, 0) is 9.59 Å². The van der Waals surface area contributed by atoms with Gasteiger partial charge in [0.15, 0.2) is 0 Å². The van der Waals surface area contributed by atoms with Crippen molar-refractivity contribution in [1.82, 2.24) is 24.7 Å². The Bertz CT molecular complexity index is 1090. The number of aromatic nitrogens is 2. The van der Waals surface area contributed by atoms with Crippen LogP contribution in [0.4, 0.5) is 11.6 Å². The Labute approximate surface area is 220 Å². The van der Waals surface area contributed by atoms with Crippen molar-refractivity contribution >= 4 is 35.8 Å². The maximum atomic E-state index is 10.2. The van der Waals surface area contributed by atoms with Crippen LogP contribution in [-0.4, -0.2) is 94.7 Å². The second-order valence-corrected chi connectivity index (χ2v) is 8.91. The number of anilines is 2. The molecule has 198 valence electrons. The molecule has 0 aliphatic carbocycles. The molecule has 0 bridgehead atoms. The Balaban J connectivity index is 0.000000311. The lowest BCUT2D eigenvalue weighted by molar-refractivity contribution is -0.138. The average Bonchev–Trinajstić information content (AvgIpc) is 3.37. The number of aldehydes is 1. The molecule has 1 fully saturated rings.